The second-order valence-corrected chi connectivity index (χ2v) is 7.07. The third-order valence-corrected chi connectivity index (χ3v) is 4.51. The second kappa shape index (κ2) is 12.2. The summed E-state index contributed by atoms with van der Waals surface area (Å²) >= 11 is 0. The van der Waals surface area contributed by atoms with E-state index < -0.39 is 12.1 Å². The van der Waals surface area contributed by atoms with Gasteiger partial charge >= 0.3 is 18.1 Å². The summed E-state index contributed by atoms with van der Waals surface area (Å²) in [6.07, 6.45) is 1.06. The summed E-state index contributed by atoms with van der Waals surface area (Å²) in [5.41, 5.74) is 4.78. The molecule has 3 rings (SSSR count). The number of hydrogen-bond donors (Lipinski definition) is 2. The minimum absolute atomic E-state index is 0.286. The van der Waals surface area contributed by atoms with Crippen molar-refractivity contribution in [2.24, 2.45) is 10.9 Å². The zero-order valence-corrected chi connectivity index (χ0v) is 18.3. The van der Waals surface area contributed by atoms with Gasteiger partial charge in [-0.2, -0.15) is 18.3 Å². The Kier molecular flexibility index (Phi) is 9.42. The van der Waals surface area contributed by atoms with Crippen molar-refractivity contribution in [2.45, 2.75) is 26.1 Å². The molecule has 180 valence electrons. The van der Waals surface area contributed by atoms with Crippen LogP contribution < -0.4 is 5.84 Å². The number of esters is 1. The number of aromatic nitrogens is 1. The maximum atomic E-state index is 12.4. The minimum Gasteiger partial charge on any atom is -0.475 e. The van der Waals surface area contributed by atoms with Crippen molar-refractivity contribution in [3.05, 3.63) is 94.8 Å². The molecule has 0 aliphatic carbocycles. The molecule has 3 N–H and O–H groups in total. The number of hydrazone groups is 1. The van der Waals surface area contributed by atoms with Gasteiger partial charge in [-0.3, -0.25) is 0 Å². The smallest absolute Gasteiger partial charge is 0.475 e. The second-order valence-electron chi connectivity index (χ2n) is 7.07. The molecule has 0 aliphatic heterocycles. The molecule has 7 nitrogen and oxygen atoms in total. The van der Waals surface area contributed by atoms with E-state index in [0.29, 0.717) is 25.1 Å². The van der Waals surface area contributed by atoms with E-state index in [1.807, 2.05) is 66.3 Å². The van der Waals surface area contributed by atoms with Crippen LogP contribution in [0.15, 0.2) is 72.1 Å². The summed E-state index contributed by atoms with van der Waals surface area (Å²) < 4.78 is 39.0. The summed E-state index contributed by atoms with van der Waals surface area (Å²) in [4.78, 5) is 21.3. The normalized spacial score (nSPS) is 11.1. The van der Waals surface area contributed by atoms with Gasteiger partial charge in [0.25, 0.3) is 0 Å². The van der Waals surface area contributed by atoms with Crippen molar-refractivity contribution in [3.63, 3.8) is 0 Å². The number of halogens is 3. The van der Waals surface area contributed by atoms with Gasteiger partial charge in [-0.1, -0.05) is 54.6 Å². The molecule has 2 aromatic carbocycles. The Morgan fingerprint density at radius 3 is 2.21 bits per heavy atom. The molecule has 0 aliphatic rings. The van der Waals surface area contributed by atoms with E-state index in [0.717, 1.165) is 16.7 Å². The zero-order valence-electron chi connectivity index (χ0n) is 18.3. The number of carbonyl (C=O) groups excluding carboxylic acids is 1. The molecule has 0 amide bonds. The fourth-order valence-corrected chi connectivity index (χ4v) is 3.00. The molecule has 34 heavy (non-hydrogen) atoms. The van der Waals surface area contributed by atoms with Crippen LogP contribution in [-0.4, -0.2) is 40.6 Å². The number of ether oxygens (including phenoxy) is 1. The molecule has 0 saturated heterocycles. The van der Waals surface area contributed by atoms with Crippen molar-refractivity contribution in [2.75, 3.05) is 6.61 Å². The van der Waals surface area contributed by atoms with Gasteiger partial charge < -0.3 is 20.3 Å². The number of nitrogens with zero attached hydrogens (tertiary/aromatic N) is 2. The van der Waals surface area contributed by atoms with E-state index in [9.17, 15) is 18.0 Å². The lowest BCUT2D eigenvalue weighted by atomic mass is 10.0. The van der Waals surface area contributed by atoms with Gasteiger partial charge in [0.15, 0.2) is 0 Å². The predicted molar refractivity (Wildman–Crippen MR) is 121 cm³/mol. The third kappa shape index (κ3) is 8.12. The van der Waals surface area contributed by atoms with Crippen LogP contribution in [0.3, 0.4) is 0 Å². The number of aliphatic carboxylic acids is 1. The van der Waals surface area contributed by atoms with Crippen LogP contribution in [0.2, 0.25) is 0 Å². The highest BCUT2D eigenvalue weighted by atomic mass is 19.4. The van der Waals surface area contributed by atoms with Gasteiger partial charge in [-0.15, -0.1) is 0 Å². The molecule has 0 unspecified atom stereocenters. The molecule has 3 aromatic rings. The number of benzene rings is 2. The van der Waals surface area contributed by atoms with Gasteiger partial charge in [0.1, 0.15) is 0 Å². The van der Waals surface area contributed by atoms with Gasteiger partial charge in [0.05, 0.1) is 18.4 Å². The maximum Gasteiger partial charge on any atom is 0.490 e. The highest BCUT2D eigenvalue weighted by molar-refractivity contribution is 5.91. The molecule has 1 aromatic heterocycles. The van der Waals surface area contributed by atoms with Crippen LogP contribution >= 0.6 is 0 Å². The highest BCUT2D eigenvalue weighted by Gasteiger charge is 2.38. The molecule has 1 heterocycles. The van der Waals surface area contributed by atoms with E-state index in [4.69, 9.17) is 20.5 Å². The van der Waals surface area contributed by atoms with Crippen LogP contribution in [0.5, 0.6) is 0 Å². The van der Waals surface area contributed by atoms with E-state index in [-0.39, 0.29) is 5.97 Å². The first-order valence-corrected chi connectivity index (χ1v) is 10.2. The molecule has 10 heteroatoms. The Morgan fingerprint density at radius 1 is 1.06 bits per heavy atom. The fraction of sp³-hybridized carbons (Fsp3) is 0.208. The molecule has 0 spiro atoms. The molecule has 0 atom stereocenters. The quantitative estimate of drug-likeness (QED) is 0.230. The number of alkyl halides is 3. The lowest BCUT2D eigenvalue weighted by Crippen LogP contribution is -2.21. The lowest BCUT2D eigenvalue weighted by molar-refractivity contribution is -0.192. The van der Waals surface area contributed by atoms with E-state index in [1.54, 1.807) is 6.21 Å². The van der Waals surface area contributed by atoms with Crippen molar-refractivity contribution >= 4 is 18.2 Å². The first-order valence-electron chi connectivity index (χ1n) is 10.2. The first kappa shape index (κ1) is 26.2. The van der Waals surface area contributed by atoms with Crippen LogP contribution in [0.4, 0.5) is 13.2 Å². The summed E-state index contributed by atoms with van der Waals surface area (Å²) in [6.45, 7) is 2.88. The molecule has 0 saturated carbocycles. The van der Waals surface area contributed by atoms with Crippen LogP contribution in [0, 0.1) is 0 Å². The number of nitrogens with two attached hydrogens (primary N) is 1. The summed E-state index contributed by atoms with van der Waals surface area (Å²) in [6, 6.07) is 18.1. The Balaban J connectivity index is 0.000000509. The van der Waals surface area contributed by atoms with E-state index in [1.165, 1.54) is 5.56 Å². The molecular formula is C24H24F3N3O4. The summed E-state index contributed by atoms with van der Waals surface area (Å²) in [7, 11) is 0. The van der Waals surface area contributed by atoms with Gasteiger partial charge in [-0.25, -0.2) is 9.59 Å². The zero-order chi connectivity index (χ0) is 25.1. The first-order chi connectivity index (χ1) is 16.1. The third-order valence-electron chi connectivity index (χ3n) is 4.51. The monoisotopic (exact) mass is 475 g/mol. The van der Waals surface area contributed by atoms with Crippen LogP contribution in [-0.2, 0) is 22.5 Å². The Hall–Kier alpha value is -4.08. The van der Waals surface area contributed by atoms with Crippen molar-refractivity contribution < 1.29 is 32.6 Å². The molecule has 0 radical (unpaired) electrons. The van der Waals surface area contributed by atoms with E-state index >= 15 is 0 Å². The summed E-state index contributed by atoms with van der Waals surface area (Å²) in [5, 5.41) is 10.7. The maximum absolute atomic E-state index is 12.4. The highest BCUT2D eigenvalue weighted by Crippen LogP contribution is 2.19. The number of carboxylic acids is 1. The number of rotatable bonds is 7. The summed E-state index contributed by atoms with van der Waals surface area (Å²) in [5.74, 6) is 2.14. The van der Waals surface area contributed by atoms with E-state index in [2.05, 4.69) is 17.2 Å². The fourth-order valence-electron chi connectivity index (χ4n) is 3.00. The molecule has 0 bridgehead atoms. The largest absolute Gasteiger partial charge is 0.490 e. The average molecular weight is 475 g/mol. The molecular weight excluding hydrogens is 451 g/mol. The van der Waals surface area contributed by atoms with Crippen LogP contribution in [0.25, 0.3) is 0 Å². The Morgan fingerprint density at radius 2 is 1.68 bits per heavy atom. The van der Waals surface area contributed by atoms with Gasteiger partial charge in [0.2, 0.25) is 0 Å². The average Bonchev–Trinajstić information content (AvgIpc) is 3.18. The topological polar surface area (TPSA) is 107 Å². The predicted octanol–water partition coefficient (Wildman–Crippen LogP) is 4.23. The Labute approximate surface area is 194 Å². The number of carboxylic acid groups (broad SMARTS) is 1. The Bertz CT molecular complexity index is 1110. The lowest BCUT2D eigenvalue weighted by Gasteiger charge is -2.04. The van der Waals surface area contributed by atoms with Crippen molar-refractivity contribution in [3.8, 4) is 0 Å². The SMILES string of the molecule is CCOC(=O)c1cn(Cc2ccccc2)cc1Cc1ccc(C=NN)cc1.O=C(O)C(F)(F)F. The van der Waals surface area contributed by atoms with Crippen molar-refractivity contribution in [1.82, 2.24) is 4.57 Å². The minimum atomic E-state index is -5.08. The van der Waals surface area contributed by atoms with Crippen LogP contribution in [0.1, 0.15) is 39.5 Å². The van der Waals surface area contributed by atoms with Crippen molar-refractivity contribution in [1.29, 1.82) is 0 Å². The molecule has 0 fully saturated rings. The number of carbonyl (C=O) groups is 2. The standard InChI is InChI=1S/C22H23N3O2.C2HF3O2/c1-2-27-22(26)21-16-25(14-19-6-4-3-5-7-19)15-20(21)12-17-8-10-18(11-9-17)13-24-23;3-2(4,5)1(6)7/h3-11,13,15-16H,2,12,14,23H2,1H3;(H,6,7). The van der Waals surface area contributed by atoms with Gasteiger partial charge in [-0.05, 0) is 35.6 Å². The van der Waals surface area contributed by atoms with Gasteiger partial charge in [0, 0.05) is 18.9 Å². The number of hydrogen-bond acceptors (Lipinski definition) is 5.